The molecule has 0 spiro atoms. The summed E-state index contributed by atoms with van der Waals surface area (Å²) in [6.07, 6.45) is 0. The van der Waals surface area contributed by atoms with Gasteiger partial charge in [-0.25, -0.2) is 8.78 Å². The molecule has 0 bridgehead atoms. The minimum absolute atomic E-state index is 0.0351. The fourth-order valence-corrected chi connectivity index (χ4v) is 1.97. The highest BCUT2D eigenvalue weighted by molar-refractivity contribution is 9.10. The molecule has 18 heavy (non-hydrogen) atoms. The van der Waals surface area contributed by atoms with Crippen LogP contribution >= 0.6 is 15.9 Å². The number of nitrogens with two attached hydrogens (primary N) is 1. The highest BCUT2D eigenvalue weighted by atomic mass is 79.9. The van der Waals surface area contributed by atoms with Gasteiger partial charge in [0.15, 0.2) is 0 Å². The van der Waals surface area contributed by atoms with E-state index in [1.54, 1.807) is 24.3 Å². The molecule has 5 heteroatoms. The van der Waals surface area contributed by atoms with Gasteiger partial charge in [0.1, 0.15) is 11.6 Å². The number of nitrogens with one attached hydrogen (secondary N) is 1. The van der Waals surface area contributed by atoms with Crippen LogP contribution in [-0.2, 0) is 6.54 Å². The van der Waals surface area contributed by atoms with E-state index in [-0.39, 0.29) is 18.0 Å². The van der Waals surface area contributed by atoms with Crippen LogP contribution in [0.3, 0.4) is 0 Å². The number of hydrogen-bond acceptors (Lipinski definition) is 2. The molecule has 0 aromatic heterocycles. The lowest BCUT2D eigenvalue weighted by Crippen LogP contribution is -2.05. The summed E-state index contributed by atoms with van der Waals surface area (Å²) < 4.78 is 27.5. The molecule has 0 aliphatic carbocycles. The van der Waals surface area contributed by atoms with Gasteiger partial charge in [-0.2, -0.15) is 0 Å². The Labute approximate surface area is 112 Å². The van der Waals surface area contributed by atoms with Crippen molar-refractivity contribution in [2.75, 3.05) is 11.1 Å². The summed E-state index contributed by atoms with van der Waals surface area (Å²) in [5.41, 5.74) is 6.54. The van der Waals surface area contributed by atoms with Gasteiger partial charge in [0.05, 0.1) is 11.4 Å². The van der Waals surface area contributed by atoms with Gasteiger partial charge < -0.3 is 11.1 Å². The second-order valence-corrected chi connectivity index (χ2v) is 4.71. The number of rotatable bonds is 3. The van der Waals surface area contributed by atoms with Crippen LogP contribution in [0.4, 0.5) is 20.2 Å². The summed E-state index contributed by atoms with van der Waals surface area (Å²) in [4.78, 5) is 0. The maximum Gasteiger partial charge on any atom is 0.148 e. The molecule has 0 aliphatic rings. The van der Waals surface area contributed by atoms with Crippen molar-refractivity contribution >= 4 is 27.3 Å². The van der Waals surface area contributed by atoms with Crippen LogP contribution in [0.15, 0.2) is 40.9 Å². The summed E-state index contributed by atoms with van der Waals surface area (Å²) in [7, 11) is 0. The van der Waals surface area contributed by atoms with Crippen molar-refractivity contribution in [3.63, 3.8) is 0 Å². The first-order valence-corrected chi connectivity index (χ1v) is 6.09. The molecule has 2 rings (SSSR count). The van der Waals surface area contributed by atoms with E-state index in [0.717, 1.165) is 4.47 Å². The van der Waals surface area contributed by atoms with E-state index in [0.29, 0.717) is 11.3 Å². The largest absolute Gasteiger partial charge is 0.395 e. The summed E-state index contributed by atoms with van der Waals surface area (Å²) in [5.74, 6) is -0.810. The highest BCUT2D eigenvalue weighted by Crippen LogP contribution is 2.23. The third-order valence-electron chi connectivity index (χ3n) is 2.53. The van der Waals surface area contributed by atoms with Crippen LogP contribution in [-0.4, -0.2) is 0 Å². The smallest absolute Gasteiger partial charge is 0.148 e. The van der Waals surface area contributed by atoms with Gasteiger partial charge >= 0.3 is 0 Å². The minimum Gasteiger partial charge on any atom is -0.395 e. The van der Waals surface area contributed by atoms with Crippen LogP contribution in [0.5, 0.6) is 0 Å². The Morgan fingerprint density at radius 1 is 1.11 bits per heavy atom. The van der Waals surface area contributed by atoms with Crippen LogP contribution in [0.1, 0.15) is 5.56 Å². The van der Waals surface area contributed by atoms with Gasteiger partial charge in [0.25, 0.3) is 0 Å². The number of hydrogen-bond donors (Lipinski definition) is 2. The molecular formula is C13H11BrF2N2. The number of nitrogen functional groups attached to an aromatic ring is 1. The molecule has 0 fully saturated rings. The molecule has 3 N–H and O–H groups in total. The van der Waals surface area contributed by atoms with Crippen LogP contribution in [0.25, 0.3) is 0 Å². The zero-order chi connectivity index (χ0) is 13.1. The molecule has 0 saturated heterocycles. The number of anilines is 2. The Bertz CT molecular complexity index is 571. The van der Waals surface area contributed by atoms with Crippen molar-refractivity contribution in [1.82, 2.24) is 0 Å². The van der Waals surface area contributed by atoms with E-state index in [4.69, 9.17) is 5.73 Å². The monoisotopic (exact) mass is 312 g/mol. The van der Waals surface area contributed by atoms with Gasteiger partial charge in [-0.15, -0.1) is 0 Å². The van der Waals surface area contributed by atoms with E-state index >= 15 is 0 Å². The van der Waals surface area contributed by atoms with Crippen molar-refractivity contribution in [2.45, 2.75) is 6.54 Å². The molecule has 0 heterocycles. The Morgan fingerprint density at radius 3 is 2.67 bits per heavy atom. The Hall–Kier alpha value is -1.62. The molecule has 2 aromatic carbocycles. The molecular weight excluding hydrogens is 302 g/mol. The summed E-state index contributed by atoms with van der Waals surface area (Å²) in [5, 5.41) is 2.91. The van der Waals surface area contributed by atoms with E-state index < -0.39 is 5.82 Å². The lowest BCUT2D eigenvalue weighted by Gasteiger charge is -2.10. The lowest BCUT2D eigenvalue weighted by atomic mass is 10.2. The van der Waals surface area contributed by atoms with E-state index in [9.17, 15) is 8.78 Å². The maximum atomic E-state index is 13.5. The van der Waals surface area contributed by atoms with Gasteiger partial charge in [-0.3, -0.25) is 0 Å². The van der Waals surface area contributed by atoms with Crippen LogP contribution in [0, 0.1) is 11.6 Å². The summed E-state index contributed by atoms with van der Waals surface area (Å²) in [6.45, 7) is 0.235. The van der Waals surface area contributed by atoms with Gasteiger partial charge in [0, 0.05) is 16.6 Å². The molecule has 2 aromatic rings. The zero-order valence-electron chi connectivity index (χ0n) is 9.38. The predicted octanol–water partition coefficient (Wildman–Crippen LogP) is 3.92. The zero-order valence-corrected chi connectivity index (χ0v) is 11.0. The second kappa shape index (κ2) is 5.35. The Kier molecular flexibility index (Phi) is 3.81. The molecule has 0 unspecified atom stereocenters. The first-order chi connectivity index (χ1) is 8.58. The van der Waals surface area contributed by atoms with Crippen molar-refractivity contribution in [3.8, 4) is 0 Å². The number of benzene rings is 2. The van der Waals surface area contributed by atoms with E-state index in [1.165, 1.54) is 12.1 Å². The average molecular weight is 313 g/mol. The third kappa shape index (κ3) is 2.79. The van der Waals surface area contributed by atoms with Gasteiger partial charge in [-0.05, 0) is 30.3 Å². The van der Waals surface area contributed by atoms with Crippen LogP contribution in [0.2, 0.25) is 0 Å². The van der Waals surface area contributed by atoms with Crippen molar-refractivity contribution in [1.29, 1.82) is 0 Å². The molecule has 0 radical (unpaired) electrons. The van der Waals surface area contributed by atoms with Crippen LogP contribution < -0.4 is 11.1 Å². The number of para-hydroxylation sites is 1. The van der Waals surface area contributed by atoms with Crippen molar-refractivity contribution < 1.29 is 8.78 Å². The van der Waals surface area contributed by atoms with Gasteiger partial charge in [-0.1, -0.05) is 22.0 Å². The minimum atomic E-state index is -0.491. The second-order valence-electron chi connectivity index (χ2n) is 3.79. The first-order valence-electron chi connectivity index (χ1n) is 5.29. The first kappa shape index (κ1) is 12.8. The Morgan fingerprint density at radius 2 is 1.89 bits per heavy atom. The standard InChI is InChI=1S/C13H11BrF2N2/c14-9-4-5-10(15)8(6-9)7-18-12-3-1-2-11(16)13(12)17/h1-6,18H,7,17H2. The third-order valence-corrected chi connectivity index (χ3v) is 3.02. The molecule has 0 atom stereocenters. The van der Waals surface area contributed by atoms with Crippen molar-refractivity contribution in [2.24, 2.45) is 0 Å². The number of halogens is 3. The topological polar surface area (TPSA) is 38.0 Å². The summed E-state index contributed by atoms with van der Waals surface area (Å²) >= 11 is 3.27. The fourth-order valence-electron chi connectivity index (χ4n) is 1.56. The summed E-state index contributed by atoms with van der Waals surface area (Å²) in [6, 6.07) is 9.13. The molecule has 94 valence electrons. The molecule has 0 saturated carbocycles. The maximum absolute atomic E-state index is 13.5. The molecule has 0 aliphatic heterocycles. The van der Waals surface area contributed by atoms with E-state index in [2.05, 4.69) is 21.2 Å². The normalized spacial score (nSPS) is 10.4. The van der Waals surface area contributed by atoms with Gasteiger partial charge in [0.2, 0.25) is 0 Å². The average Bonchev–Trinajstić information content (AvgIpc) is 2.35. The SMILES string of the molecule is Nc1c(F)cccc1NCc1cc(Br)ccc1F. The quantitative estimate of drug-likeness (QED) is 0.843. The van der Waals surface area contributed by atoms with E-state index in [1.807, 2.05) is 0 Å². The molecule has 2 nitrogen and oxygen atoms in total. The lowest BCUT2D eigenvalue weighted by molar-refractivity contribution is 0.612. The van der Waals surface area contributed by atoms with Crippen molar-refractivity contribution in [3.05, 3.63) is 58.1 Å². The molecule has 0 amide bonds. The predicted molar refractivity (Wildman–Crippen MR) is 72.2 cm³/mol. The highest BCUT2D eigenvalue weighted by Gasteiger charge is 2.06. The Balaban J connectivity index is 2.16. The fraction of sp³-hybridized carbons (Fsp3) is 0.0769.